The predicted octanol–water partition coefficient (Wildman–Crippen LogP) is 4.35. The first-order chi connectivity index (χ1) is 12.1. The molecule has 8 heteroatoms. The lowest BCUT2D eigenvalue weighted by atomic mass is 10.1. The average molecular weight is 415 g/mol. The van der Waals surface area contributed by atoms with E-state index in [0.29, 0.717) is 10.7 Å². The first kappa shape index (κ1) is 20.6. The fourth-order valence-electron chi connectivity index (χ4n) is 2.62. The minimum absolute atomic E-state index is 0.160. The van der Waals surface area contributed by atoms with Gasteiger partial charge in [0.2, 0.25) is 15.9 Å². The van der Waals surface area contributed by atoms with Crippen LogP contribution in [-0.4, -0.2) is 26.6 Å². The van der Waals surface area contributed by atoms with Gasteiger partial charge in [0.05, 0.1) is 17.0 Å². The maximum absolute atomic E-state index is 12.7. The SMILES string of the molecule is CCc1ccccc1NC(=O)[C@H](C)N(c1cc(Cl)ccc1Cl)S(C)(=O)=O. The number of carbonyl (C=O) groups is 1. The molecule has 26 heavy (non-hydrogen) atoms. The lowest BCUT2D eigenvalue weighted by Gasteiger charge is -2.29. The van der Waals surface area contributed by atoms with Gasteiger partial charge in [-0.15, -0.1) is 0 Å². The van der Waals surface area contributed by atoms with E-state index < -0.39 is 22.0 Å². The van der Waals surface area contributed by atoms with E-state index in [-0.39, 0.29) is 10.7 Å². The summed E-state index contributed by atoms with van der Waals surface area (Å²) < 4.78 is 25.7. The summed E-state index contributed by atoms with van der Waals surface area (Å²) in [6.07, 6.45) is 1.76. The molecule has 5 nitrogen and oxygen atoms in total. The van der Waals surface area contributed by atoms with Gasteiger partial charge in [-0.25, -0.2) is 8.42 Å². The van der Waals surface area contributed by atoms with Crippen LogP contribution in [-0.2, 0) is 21.2 Å². The van der Waals surface area contributed by atoms with Gasteiger partial charge >= 0.3 is 0 Å². The van der Waals surface area contributed by atoms with E-state index in [1.54, 1.807) is 12.1 Å². The van der Waals surface area contributed by atoms with E-state index in [1.165, 1.54) is 19.1 Å². The van der Waals surface area contributed by atoms with Crippen molar-refractivity contribution in [2.24, 2.45) is 0 Å². The molecule has 2 aromatic carbocycles. The zero-order valence-electron chi connectivity index (χ0n) is 14.7. The Hall–Kier alpha value is -1.76. The van der Waals surface area contributed by atoms with Crippen molar-refractivity contribution in [3.05, 3.63) is 58.1 Å². The molecule has 0 bridgehead atoms. The number of benzene rings is 2. The maximum Gasteiger partial charge on any atom is 0.248 e. The highest BCUT2D eigenvalue weighted by molar-refractivity contribution is 7.92. The Kier molecular flexibility index (Phi) is 6.55. The molecular formula is C18H20Cl2N2O3S. The highest BCUT2D eigenvalue weighted by Gasteiger charge is 2.31. The van der Waals surface area contributed by atoms with Crippen LogP contribution >= 0.6 is 23.2 Å². The molecule has 140 valence electrons. The van der Waals surface area contributed by atoms with Crippen LogP contribution in [0.15, 0.2) is 42.5 Å². The summed E-state index contributed by atoms with van der Waals surface area (Å²) in [6.45, 7) is 3.48. The summed E-state index contributed by atoms with van der Waals surface area (Å²) in [6, 6.07) is 10.8. The molecule has 0 aliphatic heterocycles. The Morgan fingerprint density at radius 1 is 1.19 bits per heavy atom. The van der Waals surface area contributed by atoms with Gasteiger partial charge in [0.15, 0.2) is 0 Å². The molecule has 0 saturated heterocycles. The van der Waals surface area contributed by atoms with Gasteiger partial charge in [-0.1, -0.05) is 48.3 Å². The van der Waals surface area contributed by atoms with E-state index in [1.807, 2.05) is 25.1 Å². The number of para-hydroxylation sites is 1. The molecule has 1 atom stereocenters. The van der Waals surface area contributed by atoms with Crippen molar-refractivity contribution >= 4 is 50.5 Å². The van der Waals surface area contributed by atoms with Crippen LogP contribution in [0, 0.1) is 0 Å². The Morgan fingerprint density at radius 2 is 1.85 bits per heavy atom. The quantitative estimate of drug-likeness (QED) is 0.763. The second kappa shape index (κ2) is 8.29. The molecule has 1 amide bonds. The molecule has 0 saturated carbocycles. The zero-order valence-corrected chi connectivity index (χ0v) is 17.0. The molecule has 2 rings (SSSR count). The van der Waals surface area contributed by atoms with Crippen molar-refractivity contribution in [1.82, 2.24) is 0 Å². The van der Waals surface area contributed by atoms with Crippen molar-refractivity contribution in [3.8, 4) is 0 Å². The van der Waals surface area contributed by atoms with E-state index in [9.17, 15) is 13.2 Å². The first-order valence-corrected chi connectivity index (χ1v) is 10.6. The van der Waals surface area contributed by atoms with Gasteiger partial charge in [0.1, 0.15) is 6.04 Å². The average Bonchev–Trinajstić information content (AvgIpc) is 2.57. The third-order valence-corrected chi connectivity index (χ3v) is 5.67. The number of hydrogen-bond acceptors (Lipinski definition) is 3. The summed E-state index contributed by atoms with van der Waals surface area (Å²) in [5.74, 6) is -0.465. The smallest absolute Gasteiger partial charge is 0.248 e. The van der Waals surface area contributed by atoms with Gasteiger partial charge in [-0.3, -0.25) is 9.10 Å². The summed E-state index contributed by atoms with van der Waals surface area (Å²) in [4.78, 5) is 12.7. The Bertz CT molecular complexity index is 916. The Labute approximate surface area is 164 Å². The van der Waals surface area contributed by atoms with Crippen molar-refractivity contribution in [1.29, 1.82) is 0 Å². The van der Waals surface area contributed by atoms with E-state index in [2.05, 4.69) is 5.32 Å². The summed E-state index contributed by atoms with van der Waals surface area (Å²) >= 11 is 12.1. The van der Waals surface area contributed by atoms with Gasteiger partial charge in [-0.2, -0.15) is 0 Å². The molecule has 0 aromatic heterocycles. The van der Waals surface area contributed by atoms with Crippen LogP contribution in [0.3, 0.4) is 0 Å². The second-order valence-corrected chi connectivity index (χ2v) is 8.53. The summed E-state index contributed by atoms with van der Waals surface area (Å²) in [5, 5.41) is 3.31. The lowest BCUT2D eigenvalue weighted by Crippen LogP contribution is -2.45. The van der Waals surface area contributed by atoms with Crippen LogP contribution in [0.1, 0.15) is 19.4 Å². The molecule has 0 heterocycles. The number of nitrogens with zero attached hydrogens (tertiary/aromatic N) is 1. The van der Waals surface area contributed by atoms with Crippen LogP contribution in [0.5, 0.6) is 0 Å². The predicted molar refractivity (Wildman–Crippen MR) is 108 cm³/mol. The Balaban J connectivity index is 2.40. The molecule has 0 fully saturated rings. The second-order valence-electron chi connectivity index (χ2n) is 5.83. The zero-order chi connectivity index (χ0) is 19.5. The maximum atomic E-state index is 12.7. The van der Waals surface area contributed by atoms with Gasteiger partial charge in [0, 0.05) is 10.7 Å². The third-order valence-electron chi connectivity index (χ3n) is 3.89. The van der Waals surface area contributed by atoms with Crippen molar-refractivity contribution in [3.63, 3.8) is 0 Å². The Morgan fingerprint density at radius 3 is 2.46 bits per heavy atom. The topological polar surface area (TPSA) is 66.5 Å². The number of anilines is 2. The van der Waals surface area contributed by atoms with Crippen molar-refractivity contribution in [2.45, 2.75) is 26.3 Å². The lowest BCUT2D eigenvalue weighted by molar-refractivity contribution is -0.116. The summed E-state index contributed by atoms with van der Waals surface area (Å²) in [7, 11) is -3.78. The van der Waals surface area contributed by atoms with Crippen molar-refractivity contribution in [2.75, 3.05) is 15.9 Å². The number of carbonyl (C=O) groups excluding carboxylic acids is 1. The molecule has 0 spiro atoms. The molecule has 2 aromatic rings. The fraction of sp³-hybridized carbons (Fsp3) is 0.278. The largest absolute Gasteiger partial charge is 0.324 e. The minimum atomic E-state index is -3.78. The van der Waals surface area contributed by atoms with Crippen LogP contribution in [0.25, 0.3) is 0 Å². The van der Waals surface area contributed by atoms with E-state index in [4.69, 9.17) is 23.2 Å². The molecule has 1 N–H and O–H groups in total. The van der Waals surface area contributed by atoms with Crippen LogP contribution in [0.2, 0.25) is 10.0 Å². The van der Waals surface area contributed by atoms with Crippen molar-refractivity contribution < 1.29 is 13.2 Å². The number of nitrogens with one attached hydrogen (secondary N) is 1. The van der Waals surface area contributed by atoms with E-state index >= 15 is 0 Å². The van der Waals surface area contributed by atoms with Gasteiger partial charge in [-0.05, 0) is 43.2 Å². The normalized spacial score (nSPS) is 12.5. The number of halogens is 2. The number of sulfonamides is 1. The molecule has 0 unspecified atom stereocenters. The molecule has 0 aliphatic rings. The molecular weight excluding hydrogens is 395 g/mol. The molecule has 0 aliphatic carbocycles. The number of aryl methyl sites for hydroxylation is 1. The van der Waals surface area contributed by atoms with Crippen LogP contribution < -0.4 is 9.62 Å². The standard InChI is InChI=1S/C18H20Cl2N2O3S/c1-4-13-7-5-6-8-16(13)21-18(23)12(2)22(26(3,24)25)17-11-14(19)9-10-15(17)20/h5-12H,4H2,1-3H3,(H,21,23)/t12-/m0/s1. The fourth-order valence-corrected chi connectivity index (χ4v) is 4.23. The van der Waals surface area contributed by atoms with Crippen LogP contribution in [0.4, 0.5) is 11.4 Å². The third kappa shape index (κ3) is 4.69. The van der Waals surface area contributed by atoms with E-state index in [0.717, 1.165) is 22.5 Å². The van der Waals surface area contributed by atoms with Gasteiger partial charge in [0.25, 0.3) is 0 Å². The molecule has 0 radical (unpaired) electrons. The highest BCUT2D eigenvalue weighted by Crippen LogP contribution is 2.32. The minimum Gasteiger partial charge on any atom is -0.324 e. The first-order valence-electron chi connectivity index (χ1n) is 7.98. The highest BCUT2D eigenvalue weighted by atomic mass is 35.5. The number of rotatable bonds is 6. The van der Waals surface area contributed by atoms with Gasteiger partial charge < -0.3 is 5.32 Å². The summed E-state index contributed by atoms with van der Waals surface area (Å²) in [5.41, 5.74) is 1.77. The number of hydrogen-bond donors (Lipinski definition) is 1. The monoisotopic (exact) mass is 414 g/mol. The number of amides is 1.